The van der Waals surface area contributed by atoms with Crippen molar-refractivity contribution in [1.82, 2.24) is 0 Å². The highest BCUT2D eigenvalue weighted by Gasteiger charge is 2.50. The van der Waals surface area contributed by atoms with Gasteiger partial charge >= 0.3 is 0 Å². The summed E-state index contributed by atoms with van der Waals surface area (Å²) < 4.78 is 5.63. The lowest BCUT2D eigenvalue weighted by atomic mass is 9.69. The van der Waals surface area contributed by atoms with Gasteiger partial charge < -0.3 is 25.2 Å². The summed E-state index contributed by atoms with van der Waals surface area (Å²) in [5.41, 5.74) is 1.47. The number of hydrogen-bond acceptors (Lipinski definition) is 6. The van der Waals surface area contributed by atoms with Crippen LogP contribution in [0.2, 0.25) is 0 Å². The summed E-state index contributed by atoms with van der Waals surface area (Å²) >= 11 is 0. The Labute approximate surface area is 152 Å². The molecule has 1 aromatic carbocycles. The molecule has 0 spiro atoms. The van der Waals surface area contributed by atoms with Gasteiger partial charge in [-0.1, -0.05) is 11.6 Å². The molecule has 0 radical (unpaired) electrons. The average Bonchev–Trinajstić information content (AvgIpc) is 2.55. The third kappa shape index (κ3) is 3.34. The van der Waals surface area contributed by atoms with Crippen LogP contribution in [0.3, 0.4) is 0 Å². The molecule has 26 heavy (non-hydrogen) atoms. The molecule has 5 atom stereocenters. The third-order valence-electron chi connectivity index (χ3n) is 5.17. The highest BCUT2D eigenvalue weighted by molar-refractivity contribution is 6.23. The maximum Gasteiger partial charge on any atom is 0.176 e. The summed E-state index contributed by atoms with van der Waals surface area (Å²) in [4.78, 5) is 13.0. The zero-order valence-electron chi connectivity index (χ0n) is 14.8. The predicted octanol–water partition coefficient (Wildman–Crippen LogP) is 2.12. The van der Waals surface area contributed by atoms with E-state index in [9.17, 15) is 25.2 Å². The number of carbonyl (C=O) groups is 1. The Hall–Kier alpha value is -2.31. The Morgan fingerprint density at radius 1 is 1.27 bits per heavy atom. The first-order valence-corrected chi connectivity index (χ1v) is 8.71. The van der Waals surface area contributed by atoms with Gasteiger partial charge in [0.25, 0.3) is 0 Å². The van der Waals surface area contributed by atoms with Crippen LogP contribution in [0, 0.1) is 11.8 Å². The lowest BCUT2D eigenvalue weighted by Crippen LogP contribution is -2.54. The highest BCUT2D eigenvalue weighted by Crippen LogP contribution is 2.42. The minimum atomic E-state index is -1.05. The van der Waals surface area contributed by atoms with Crippen molar-refractivity contribution in [1.29, 1.82) is 0 Å². The van der Waals surface area contributed by atoms with E-state index < -0.39 is 30.1 Å². The van der Waals surface area contributed by atoms with Gasteiger partial charge in [-0.25, -0.2) is 0 Å². The summed E-state index contributed by atoms with van der Waals surface area (Å²) in [6.45, 7) is 3.88. The molecule has 0 amide bonds. The Balaban J connectivity index is 1.90. The number of rotatable bonds is 3. The summed E-state index contributed by atoms with van der Waals surface area (Å²) in [5.74, 6) is -1.94. The van der Waals surface area contributed by atoms with Crippen molar-refractivity contribution < 1.29 is 30.0 Å². The van der Waals surface area contributed by atoms with Crippen LogP contribution in [-0.2, 0) is 9.53 Å². The van der Waals surface area contributed by atoms with Crippen molar-refractivity contribution in [2.24, 2.45) is 11.8 Å². The van der Waals surface area contributed by atoms with E-state index in [0.717, 1.165) is 11.6 Å². The number of phenolic OH excluding ortho intramolecular Hbond substituents is 2. The normalized spacial score (nSPS) is 30.8. The van der Waals surface area contributed by atoms with Gasteiger partial charge in [-0.15, -0.1) is 0 Å². The Bertz CT molecular complexity index is 762. The van der Waals surface area contributed by atoms with E-state index in [0.29, 0.717) is 6.42 Å². The quantitative estimate of drug-likeness (QED) is 0.615. The van der Waals surface area contributed by atoms with E-state index in [1.165, 1.54) is 18.4 Å². The Kier molecular flexibility index (Phi) is 5.07. The molecule has 1 heterocycles. The lowest BCUT2D eigenvalue weighted by molar-refractivity contribution is -0.147. The van der Waals surface area contributed by atoms with Gasteiger partial charge in [-0.3, -0.25) is 4.79 Å². The number of aliphatic hydroxyl groups is 2. The van der Waals surface area contributed by atoms with Crippen molar-refractivity contribution in [2.45, 2.75) is 45.0 Å². The average molecular weight is 360 g/mol. The van der Waals surface area contributed by atoms with E-state index in [1.807, 2.05) is 19.9 Å². The SMILES string of the molecule is CC(C)=CCC1C(O)CC2OC=C(c3ccc(O)cc3O)C(=O)C2C1O. The summed E-state index contributed by atoms with van der Waals surface area (Å²) in [7, 11) is 0. The molecular formula is C20H24O6. The number of ketones is 1. The summed E-state index contributed by atoms with van der Waals surface area (Å²) in [6.07, 6.45) is 1.55. The number of benzene rings is 1. The molecule has 0 bridgehead atoms. The number of allylic oxidation sites excluding steroid dienone is 3. The fourth-order valence-electron chi connectivity index (χ4n) is 3.74. The number of aromatic hydroxyl groups is 2. The first kappa shape index (κ1) is 18.5. The molecule has 1 saturated carbocycles. The van der Waals surface area contributed by atoms with E-state index in [1.54, 1.807) is 0 Å². The van der Waals surface area contributed by atoms with Crippen molar-refractivity contribution in [3.63, 3.8) is 0 Å². The number of ether oxygens (including phenoxy) is 1. The number of carbonyl (C=O) groups excluding carboxylic acids is 1. The lowest BCUT2D eigenvalue weighted by Gasteiger charge is -2.43. The van der Waals surface area contributed by atoms with E-state index >= 15 is 0 Å². The summed E-state index contributed by atoms with van der Waals surface area (Å²) in [6, 6.07) is 3.95. The van der Waals surface area contributed by atoms with Gasteiger partial charge in [0.05, 0.1) is 30.0 Å². The van der Waals surface area contributed by atoms with Crippen LogP contribution in [0.1, 0.15) is 32.3 Å². The first-order chi connectivity index (χ1) is 12.3. The molecule has 5 unspecified atom stereocenters. The standard InChI is InChI=1S/C20H24O6/c1-10(2)3-5-13-16(23)8-17-18(19(13)24)20(25)14(9-26-17)12-6-4-11(21)7-15(12)22/h3-4,6-7,9,13,16-19,21-24H,5,8H2,1-2H3. The molecule has 6 nitrogen and oxygen atoms in total. The van der Waals surface area contributed by atoms with Crippen molar-refractivity contribution >= 4 is 11.4 Å². The maximum atomic E-state index is 13.0. The van der Waals surface area contributed by atoms with Gasteiger partial charge in [-0.2, -0.15) is 0 Å². The zero-order chi connectivity index (χ0) is 19.0. The van der Waals surface area contributed by atoms with Crippen LogP contribution in [0.15, 0.2) is 36.1 Å². The second-order valence-electron chi connectivity index (χ2n) is 7.27. The summed E-state index contributed by atoms with van der Waals surface area (Å²) in [5, 5.41) is 40.6. The van der Waals surface area contributed by atoms with Gasteiger partial charge in [0.15, 0.2) is 5.78 Å². The molecule has 1 fully saturated rings. The molecule has 0 aromatic heterocycles. The van der Waals surface area contributed by atoms with Crippen LogP contribution in [-0.4, -0.2) is 44.5 Å². The fraction of sp³-hybridized carbons (Fsp3) is 0.450. The number of Topliss-reactive ketones (excluding diaryl/α,β-unsaturated/α-hetero) is 1. The van der Waals surface area contributed by atoms with Crippen LogP contribution in [0.4, 0.5) is 0 Å². The molecule has 4 N–H and O–H groups in total. The fourth-order valence-corrected chi connectivity index (χ4v) is 3.74. The van der Waals surface area contributed by atoms with Crippen molar-refractivity contribution in [3.8, 4) is 11.5 Å². The minimum absolute atomic E-state index is 0.114. The monoisotopic (exact) mass is 360 g/mol. The van der Waals surface area contributed by atoms with Crippen molar-refractivity contribution in [3.05, 3.63) is 41.7 Å². The third-order valence-corrected chi connectivity index (χ3v) is 5.17. The first-order valence-electron chi connectivity index (χ1n) is 8.71. The topological polar surface area (TPSA) is 107 Å². The maximum absolute atomic E-state index is 13.0. The smallest absolute Gasteiger partial charge is 0.176 e. The minimum Gasteiger partial charge on any atom is -0.508 e. The molecule has 2 aliphatic rings. The molecule has 140 valence electrons. The van der Waals surface area contributed by atoms with E-state index in [2.05, 4.69) is 0 Å². The molecule has 6 heteroatoms. The van der Waals surface area contributed by atoms with Gasteiger partial charge in [0.1, 0.15) is 17.6 Å². The van der Waals surface area contributed by atoms with Crippen LogP contribution < -0.4 is 0 Å². The number of hydrogen-bond donors (Lipinski definition) is 4. The van der Waals surface area contributed by atoms with Crippen LogP contribution >= 0.6 is 0 Å². The van der Waals surface area contributed by atoms with E-state index in [-0.39, 0.29) is 34.8 Å². The van der Waals surface area contributed by atoms with Crippen LogP contribution in [0.25, 0.3) is 5.57 Å². The molecule has 1 aliphatic carbocycles. The highest BCUT2D eigenvalue weighted by atomic mass is 16.5. The van der Waals surface area contributed by atoms with Gasteiger partial charge in [0.2, 0.25) is 0 Å². The second-order valence-corrected chi connectivity index (χ2v) is 7.27. The number of fused-ring (bicyclic) bond motifs is 1. The van der Waals surface area contributed by atoms with Crippen molar-refractivity contribution in [2.75, 3.05) is 0 Å². The molecule has 0 saturated heterocycles. The van der Waals surface area contributed by atoms with Crippen LogP contribution in [0.5, 0.6) is 11.5 Å². The van der Waals surface area contributed by atoms with E-state index in [4.69, 9.17) is 4.74 Å². The molecule has 1 aliphatic heterocycles. The van der Waals surface area contributed by atoms with Gasteiger partial charge in [0, 0.05) is 24.0 Å². The predicted molar refractivity (Wildman–Crippen MR) is 95.3 cm³/mol. The second kappa shape index (κ2) is 7.13. The zero-order valence-corrected chi connectivity index (χ0v) is 14.8. The number of aliphatic hydroxyl groups excluding tert-OH is 2. The Morgan fingerprint density at radius 2 is 2.00 bits per heavy atom. The molecule has 1 aromatic rings. The Morgan fingerprint density at radius 3 is 2.65 bits per heavy atom. The molecule has 3 rings (SSSR count). The van der Waals surface area contributed by atoms with Gasteiger partial charge in [-0.05, 0) is 32.4 Å². The largest absolute Gasteiger partial charge is 0.508 e. The number of phenols is 2. The molecular weight excluding hydrogens is 336 g/mol.